The predicted octanol–water partition coefficient (Wildman–Crippen LogP) is 19.5. The molecular weight excluding hydrogens is 805 g/mol. The molecular formula is C59H114O6. The fourth-order valence-electron chi connectivity index (χ4n) is 9.15. The molecule has 0 spiro atoms. The van der Waals surface area contributed by atoms with E-state index in [1.807, 2.05) is 0 Å². The molecule has 0 N–H and O–H groups in total. The lowest BCUT2D eigenvalue weighted by molar-refractivity contribution is -0.167. The van der Waals surface area contributed by atoms with Gasteiger partial charge < -0.3 is 14.2 Å². The highest BCUT2D eigenvalue weighted by Crippen LogP contribution is 2.18. The number of unbranched alkanes of at least 4 members (excludes halogenated alkanes) is 44. The second-order valence-electron chi connectivity index (χ2n) is 20.3. The Bertz CT molecular complexity index is 967. The zero-order valence-corrected chi connectivity index (χ0v) is 44.3. The molecule has 0 unspecified atom stereocenters. The third-order valence-corrected chi connectivity index (χ3v) is 13.6. The molecule has 0 fully saturated rings. The maximum Gasteiger partial charge on any atom is 0.306 e. The van der Waals surface area contributed by atoms with Gasteiger partial charge in [-0.1, -0.05) is 303 Å². The van der Waals surface area contributed by atoms with Crippen molar-refractivity contribution >= 4 is 17.9 Å². The van der Waals surface area contributed by atoms with E-state index < -0.39 is 6.10 Å². The highest BCUT2D eigenvalue weighted by Gasteiger charge is 2.19. The van der Waals surface area contributed by atoms with Gasteiger partial charge in [-0.15, -0.1) is 0 Å². The van der Waals surface area contributed by atoms with E-state index in [0.29, 0.717) is 19.3 Å². The summed E-state index contributed by atoms with van der Waals surface area (Å²) in [7, 11) is 0. The third kappa shape index (κ3) is 53.2. The SMILES string of the molecule is CCCCCCCCCCCCCCCCCCCCCC(=O)OC[C@@H](COC(=O)CCCCCCCCCCCCCC)OC(=O)CCCCCCCCCCCCCCCCCC. The van der Waals surface area contributed by atoms with Crippen LogP contribution >= 0.6 is 0 Å². The second kappa shape index (κ2) is 55.0. The minimum absolute atomic E-state index is 0.0610. The van der Waals surface area contributed by atoms with E-state index in [0.717, 1.165) is 57.8 Å². The fourth-order valence-corrected chi connectivity index (χ4v) is 9.15. The highest BCUT2D eigenvalue weighted by molar-refractivity contribution is 5.71. The summed E-state index contributed by atoms with van der Waals surface area (Å²) in [4.78, 5) is 38.1. The summed E-state index contributed by atoms with van der Waals surface area (Å²) in [6, 6.07) is 0. The van der Waals surface area contributed by atoms with Crippen molar-refractivity contribution in [1.29, 1.82) is 0 Å². The Morgan fingerprint density at radius 3 is 0.615 bits per heavy atom. The topological polar surface area (TPSA) is 78.9 Å². The molecule has 1 atom stereocenters. The molecule has 0 saturated carbocycles. The van der Waals surface area contributed by atoms with Crippen LogP contribution in [0.5, 0.6) is 0 Å². The molecule has 0 aliphatic rings. The number of hydrogen-bond donors (Lipinski definition) is 0. The Morgan fingerprint density at radius 2 is 0.415 bits per heavy atom. The van der Waals surface area contributed by atoms with Crippen LogP contribution in [0.15, 0.2) is 0 Å². The molecule has 0 radical (unpaired) electrons. The van der Waals surface area contributed by atoms with Crippen LogP contribution in [0.4, 0.5) is 0 Å². The minimum Gasteiger partial charge on any atom is -0.462 e. The summed E-state index contributed by atoms with van der Waals surface area (Å²) in [5.74, 6) is -0.831. The van der Waals surface area contributed by atoms with E-state index in [2.05, 4.69) is 20.8 Å². The van der Waals surface area contributed by atoms with Crippen molar-refractivity contribution in [3.63, 3.8) is 0 Å². The van der Waals surface area contributed by atoms with E-state index in [4.69, 9.17) is 14.2 Å². The molecule has 6 nitrogen and oxygen atoms in total. The van der Waals surface area contributed by atoms with E-state index >= 15 is 0 Å². The lowest BCUT2D eigenvalue weighted by atomic mass is 10.0. The molecule has 6 heteroatoms. The third-order valence-electron chi connectivity index (χ3n) is 13.6. The monoisotopic (exact) mass is 919 g/mol. The van der Waals surface area contributed by atoms with Crippen LogP contribution in [0.25, 0.3) is 0 Å². The average molecular weight is 920 g/mol. The number of rotatable bonds is 55. The molecule has 0 heterocycles. The van der Waals surface area contributed by atoms with Crippen molar-refractivity contribution in [2.75, 3.05) is 13.2 Å². The van der Waals surface area contributed by atoms with Crippen LogP contribution in [-0.2, 0) is 28.6 Å². The Kier molecular flexibility index (Phi) is 53.7. The van der Waals surface area contributed by atoms with Crippen molar-refractivity contribution < 1.29 is 28.6 Å². The molecule has 0 aliphatic carbocycles. The van der Waals surface area contributed by atoms with Gasteiger partial charge in [-0.3, -0.25) is 14.4 Å². The van der Waals surface area contributed by atoms with Gasteiger partial charge in [0.05, 0.1) is 0 Å². The lowest BCUT2D eigenvalue weighted by Gasteiger charge is -2.18. The van der Waals surface area contributed by atoms with E-state index in [1.54, 1.807) is 0 Å². The first-order valence-electron chi connectivity index (χ1n) is 29.5. The number of carbonyl (C=O) groups is 3. The summed E-state index contributed by atoms with van der Waals surface area (Å²) in [5.41, 5.74) is 0. The van der Waals surface area contributed by atoms with Gasteiger partial charge in [-0.25, -0.2) is 0 Å². The Balaban J connectivity index is 4.25. The molecule has 386 valence electrons. The second-order valence-corrected chi connectivity index (χ2v) is 20.3. The van der Waals surface area contributed by atoms with Gasteiger partial charge in [0.25, 0.3) is 0 Å². The highest BCUT2D eigenvalue weighted by atomic mass is 16.6. The number of hydrogen-bond acceptors (Lipinski definition) is 6. The van der Waals surface area contributed by atoms with E-state index in [9.17, 15) is 14.4 Å². The molecule has 0 rings (SSSR count). The molecule has 65 heavy (non-hydrogen) atoms. The molecule has 0 aromatic rings. The Hall–Kier alpha value is -1.59. The van der Waals surface area contributed by atoms with Crippen LogP contribution < -0.4 is 0 Å². The zero-order valence-electron chi connectivity index (χ0n) is 44.3. The lowest BCUT2D eigenvalue weighted by Crippen LogP contribution is -2.30. The average Bonchev–Trinajstić information content (AvgIpc) is 3.30. The van der Waals surface area contributed by atoms with Gasteiger partial charge in [0, 0.05) is 19.3 Å². The first-order valence-corrected chi connectivity index (χ1v) is 29.5. The van der Waals surface area contributed by atoms with Crippen molar-refractivity contribution in [2.24, 2.45) is 0 Å². The summed E-state index contributed by atoms with van der Waals surface area (Å²) < 4.78 is 16.9. The van der Waals surface area contributed by atoms with Crippen LogP contribution in [0.3, 0.4) is 0 Å². The summed E-state index contributed by atoms with van der Waals surface area (Å²) >= 11 is 0. The Morgan fingerprint density at radius 1 is 0.246 bits per heavy atom. The quantitative estimate of drug-likeness (QED) is 0.0344. The smallest absolute Gasteiger partial charge is 0.306 e. The van der Waals surface area contributed by atoms with E-state index in [1.165, 1.54) is 244 Å². The minimum atomic E-state index is -0.761. The predicted molar refractivity (Wildman–Crippen MR) is 280 cm³/mol. The molecule has 0 aromatic carbocycles. The van der Waals surface area contributed by atoms with Crippen molar-refractivity contribution in [3.8, 4) is 0 Å². The number of ether oxygens (including phenoxy) is 3. The standard InChI is InChI=1S/C59H114O6/c1-4-7-10-13-16-19-22-25-27-29-30-31-33-34-37-40-43-46-49-52-58(61)64-55-56(54-63-57(60)51-48-45-42-39-36-24-21-18-15-12-9-6-3)65-59(62)53-50-47-44-41-38-35-32-28-26-23-20-17-14-11-8-5-2/h56H,4-55H2,1-3H3/t56-/m1/s1. The van der Waals surface area contributed by atoms with Gasteiger partial charge in [0.1, 0.15) is 13.2 Å². The van der Waals surface area contributed by atoms with Crippen LogP contribution in [-0.4, -0.2) is 37.2 Å². The van der Waals surface area contributed by atoms with Crippen LogP contribution in [0.1, 0.15) is 342 Å². The van der Waals surface area contributed by atoms with Crippen molar-refractivity contribution in [1.82, 2.24) is 0 Å². The first-order chi connectivity index (χ1) is 32.0. The number of carbonyl (C=O) groups excluding carboxylic acids is 3. The fraction of sp³-hybridized carbons (Fsp3) is 0.949. The summed E-state index contributed by atoms with van der Waals surface area (Å²) in [6.45, 7) is 6.71. The van der Waals surface area contributed by atoms with Gasteiger partial charge in [0.2, 0.25) is 0 Å². The van der Waals surface area contributed by atoms with Gasteiger partial charge in [-0.05, 0) is 19.3 Å². The van der Waals surface area contributed by atoms with Crippen LogP contribution in [0.2, 0.25) is 0 Å². The van der Waals surface area contributed by atoms with Crippen LogP contribution in [0, 0.1) is 0 Å². The maximum atomic E-state index is 12.8. The molecule has 0 saturated heterocycles. The summed E-state index contributed by atoms with van der Waals surface area (Å²) in [6.07, 6.45) is 60.9. The van der Waals surface area contributed by atoms with E-state index in [-0.39, 0.29) is 31.1 Å². The molecule has 0 bridgehead atoms. The Labute approximate surface area is 406 Å². The zero-order chi connectivity index (χ0) is 47.2. The number of esters is 3. The first kappa shape index (κ1) is 63.4. The van der Waals surface area contributed by atoms with Crippen molar-refractivity contribution in [3.05, 3.63) is 0 Å². The van der Waals surface area contributed by atoms with Gasteiger partial charge >= 0.3 is 17.9 Å². The molecule has 0 aromatic heterocycles. The van der Waals surface area contributed by atoms with Gasteiger partial charge in [0.15, 0.2) is 6.10 Å². The molecule has 0 amide bonds. The van der Waals surface area contributed by atoms with Crippen molar-refractivity contribution in [2.45, 2.75) is 348 Å². The van der Waals surface area contributed by atoms with Gasteiger partial charge in [-0.2, -0.15) is 0 Å². The summed E-state index contributed by atoms with van der Waals surface area (Å²) in [5, 5.41) is 0. The largest absolute Gasteiger partial charge is 0.462 e. The maximum absolute atomic E-state index is 12.8. The normalized spacial score (nSPS) is 11.9. The molecule has 0 aliphatic heterocycles.